The summed E-state index contributed by atoms with van der Waals surface area (Å²) in [6, 6.07) is 4.99. The van der Waals surface area contributed by atoms with Crippen molar-refractivity contribution in [2.45, 2.75) is 38.2 Å². The van der Waals surface area contributed by atoms with E-state index in [1.807, 2.05) is 0 Å². The molecule has 9 nitrogen and oxygen atoms in total. The van der Waals surface area contributed by atoms with E-state index in [2.05, 4.69) is 15.3 Å². The van der Waals surface area contributed by atoms with Gasteiger partial charge in [-0.05, 0) is 18.6 Å². The molecule has 0 spiro atoms. The van der Waals surface area contributed by atoms with Crippen LogP contribution in [0.5, 0.6) is 0 Å². The molecule has 1 amide bonds. The molecule has 3 rings (SSSR count). The van der Waals surface area contributed by atoms with Crippen LogP contribution >= 0.6 is 0 Å². The Hall–Kier alpha value is -2.78. The highest BCUT2D eigenvalue weighted by Gasteiger charge is 2.35. The molecule has 1 fully saturated rings. The first-order valence-corrected chi connectivity index (χ1v) is 8.36. The summed E-state index contributed by atoms with van der Waals surface area (Å²) in [7, 11) is 0. The molecule has 1 aliphatic rings. The molecule has 2 aromatic heterocycles. The van der Waals surface area contributed by atoms with Gasteiger partial charge < -0.3 is 15.2 Å². The second kappa shape index (κ2) is 7.63. The molecule has 0 aromatic carbocycles. The van der Waals surface area contributed by atoms with Crippen LogP contribution in [0.3, 0.4) is 0 Å². The van der Waals surface area contributed by atoms with Crippen molar-refractivity contribution in [1.82, 2.24) is 19.9 Å². The largest absolute Gasteiger partial charge is 0.390 e. The minimum Gasteiger partial charge on any atom is -0.390 e. The second-order valence-corrected chi connectivity index (χ2v) is 6.03. The van der Waals surface area contributed by atoms with Crippen LogP contribution in [0.1, 0.15) is 35.6 Å². The zero-order valence-electron chi connectivity index (χ0n) is 14.2. The van der Waals surface area contributed by atoms with E-state index in [0.717, 1.165) is 0 Å². The number of aliphatic hydroxyl groups excluding tert-OH is 1. The minimum absolute atomic E-state index is 0.0752. The number of aromatic nitrogens is 3. The third kappa shape index (κ3) is 3.73. The third-order valence-electron chi connectivity index (χ3n) is 4.30. The summed E-state index contributed by atoms with van der Waals surface area (Å²) in [5.74, 6) is -0.376. The molecule has 3 atom stereocenters. The lowest BCUT2D eigenvalue weighted by atomic mass is 10.1. The molecular formula is C17H20N4O5. The van der Waals surface area contributed by atoms with Crippen molar-refractivity contribution < 1.29 is 14.6 Å². The fraction of sp³-hybridized carbons (Fsp3) is 0.412. The standard InChI is InChI=1S/C17H20N4O5/c1-2-10-9-21(17(25)20-15(10)23)14-7-12(22)13(26-14)8-19-16(24)11-5-3-4-6-18-11/h3-6,9,12-14,22H,2,7-8H2,1H3,(H,19,24)(H,20,23,25)/t12-,13+,14+/m0/s1. The van der Waals surface area contributed by atoms with Gasteiger partial charge in [0.25, 0.3) is 11.5 Å². The maximum Gasteiger partial charge on any atom is 0.330 e. The van der Waals surface area contributed by atoms with E-state index >= 15 is 0 Å². The fourth-order valence-corrected chi connectivity index (χ4v) is 2.84. The predicted octanol–water partition coefficient (Wildman–Crippen LogP) is -0.428. The number of aryl methyl sites for hydroxylation is 1. The number of amides is 1. The predicted molar refractivity (Wildman–Crippen MR) is 91.8 cm³/mol. The lowest BCUT2D eigenvalue weighted by Crippen LogP contribution is -2.37. The number of carbonyl (C=O) groups is 1. The number of carbonyl (C=O) groups excluding carboxylic acids is 1. The van der Waals surface area contributed by atoms with Gasteiger partial charge >= 0.3 is 5.69 Å². The van der Waals surface area contributed by atoms with Gasteiger partial charge in [-0.3, -0.25) is 24.1 Å². The quantitative estimate of drug-likeness (QED) is 0.664. The Labute approximate surface area is 148 Å². The molecule has 3 N–H and O–H groups in total. The Morgan fingerprint density at radius 3 is 2.96 bits per heavy atom. The summed E-state index contributed by atoms with van der Waals surface area (Å²) < 4.78 is 6.99. The lowest BCUT2D eigenvalue weighted by Gasteiger charge is -2.17. The Morgan fingerprint density at radius 1 is 1.46 bits per heavy atom. The van der Waals surface area contributed by atoms with E-state index in [-0.39, 0.29) is 24.6 Å². The van der Waals surface area contributed by atoms with Gasteiger partial charge in [0.15, 0.2) is 0 Å². The number of pyridine rings is 1. The summed E-state index contributed by atoms with van der Waals surface area (Å²) in [5, 5.41) is 12.9. The highest BCUT2D eigenvalue weighted by atomic mass is 16.5. The molecule has 0 saturated carbocycles. The van der Waals surface area contributed by atoms with Gasteiger partial charge in [0.05, 0.1) is 6.10 Å². The van der Waals surface area contributed by atoms with Crippen molar-refractivity contribution in [3.05, 3.63) is 62.7 Å². The second-order valence-electron chi connectivity index (χ2n) is 6.03. The molecule has 26 heavy (non-hydrogen) atoms. The minimum atomic E-state index is -0.854. The van der Waals surface area contributed by atoms with Crippen molar-refractivity contribution in [2.75, 3.05) is 6.54 Å². The molecule has 138 valence electrons. The maximum absolute atomic E-state index is 12.0. The number of hydrogen-bond donors (Lipinski definition) is 3. The molecule has 9 heteroatoms. The molecule has 1 saturated heterocycles. The zero-order valence-corrected chi connectivity index (χ0v) is 14.2. The highest BCUT2D eigenvalue weighted by molar-refractivity contribution is 5.92. The van der Waals surface area contributed by atoms with Gasteiger partial charge in [-0.2, -0.15) is 0 Å². The van der Waals surface area contributed by atoms with E-state index < -0.39 is 29.7 Å². The first-order chi connectivity index (χ1) is 12.5. The summed E-state index contributed by atoms with van der Waals surface area (Å²) >= 11 is 0. The van der Waals surface area contributed by atoms with Crippen LogP contribution in [0, 0.1) is 0 Å². The molecule has 2 aromatic rings. The number of aliphatic hydroxyl groups is 1. The van der Waals surface area contributed by atoms with Crippen LogP contribution in [0.4, 0.5) is 0 Å². The van der Waals surface area contributed by atoms with Gasteiger partial charge in [-0.25, -0.2) is 4.79 Å². The fourth-order valence-electron chi connectivity index (χ4n) is 2.84. The molecule has 3 heterocycles. The van der Waals surface area contributed by atoms with Crippen molar-refractivity contribution >= 4 is 5.91 Å². The Bertz CT molecular complexity index is 892. The van der Waals surface area contributed by atoms with E-state index in [4.69, 9.17) is 4.74 Å². The van der Waals surface area contributed by atoms with Crippen LogP contribution in [0.15, 0.2) is 40.2 Å². The van der Waals surface area contributed by atoms with Crippen LogP contribution < -0.4 is 16.6 Å². The number of hydrogen-bond acceptors (Lipinski definition) is 6. The molecule has 0 aliphatic carbocycles. The number of ether oxygens (including phenoxy) is 1. The average Bonchev–Trinajstić information content (AvgIpc) is 3.01. The highest BCUT2D eigenvalue weighted by Crippen LogP contribution is 2.27. The smallest absolute Gasteiger partial charge is 0.330 e. The Kier molecular flexibility index (Phi) is 5.29. The first kappa shape index (κ1) is 18.0. The molecular weight excluding hydrogens is 340 g/mol. The molecule has 1 aliphatic heterocycles. The van der Waals surface area contributed by atoms with Gasteiger partial charge in [0, 0.05) is 30.9 Å². The zero-order chi connectivity index (χ0) is 18.7. The van der Waals surface area contributed by atoms with Crippen LogP contribution in [0.25, 0.3) is 0 Å². The number of H-pyrrole nitrogens is 1. The maximum atomic E-state index is 12.0. The van der Waals surface area contributed by atoms with Crippen molar-refractivity contribution in [3.63, 3.8) is 0 Å². The number of rotatable bonds is 5. The Balaban J connectivity index is 1.67. The number of nitrogens with one attached hydrogen (secondary N) is 2. The van der Waals surface area contributed by atoms with Crippen LogP contribution in [-0.4, -0.2) is 44.3 Å². The summed E-state index contributed by atoms with van der Waals surface area (Å²) in [4.78, 5) is 41.9. The van der Waals surface area contributed by atoms with E-state index in [0.29, 0.717) is 12.0 Å². The van der Waals surface area contributed by atoms with Crippen LogP contribution in [-0.2, 0) is 11.2 Å². The van der Waals surface area contributed by atoms with Gasteiger partial charge in [-0.15, -0.1) is 0 Å². The normalized spacial score (nSPS) is 22.3. The van der Waals surface area contributed by atoms with Crippen LogP contribution in [0.2, 0.25) is 0 Å². The van der Waals surface area contributed by atoms with Crippen molar-refractivity contribution in [3.8, 4) is 0 Å². The van der Waals surface area contributed by atoms with E-state index in [9.17, 15) is 19.5 Å². The van der Waals surface area contributed by atoms with E-state index in [1.165, 1.54) is 17.0 Å². The average molecular weight is 360 g/mol. The topological polar surface area (TPSA) is 126 Å². The van der Waals surface area contributed by atoms with E-state index in [1.54, 1.807) is 25.1 Å². The van der Waals surface area contributed by atoms with Gasteiger partial charge in [0.2, 0.25) is 0 Å². The molecule has 0 unspecified atom stereocenters. The molecule has 0 bridgehead atoms. The number of aromatic amines is 1. The lowest BCUT2D eigenvalue weighted by molar-refractivity contribution is -0.0187. The summed E-state index contributed by atoms with van der Waals surface area (Å²) in [6.07, 6.45) is 1.38. The molecule has 0 radical (unpaired) electrons. The summed E-state index contributed by atoms with van der Waals surface area (Å²) in [6.45, 7) is 1.88. The van der Waals surface area contributed by atoms with Crippen molar-refractivity contribution in [1.29, 1.82) is 0 Å². The first-order valence-electron chi connectivity index (χ1n) is 8.36. The van der Waals surface area contributed by atoms with Gasteiger partial charge in [-0.1, -0.05) is 13.0 Å². The van der Waals surface area contributed by atoms with Gasteiger partial charge in [0.1, 0.15) is 18.0 Å². The number of nitrogens with zero attached hydrogens (tertiary/aromatic N) is 2. The van der Waals surface area contributed by atoms with Crippen molar-refractivity contribution in [2.24, 2.45) is 0 Å². The Morgan fingerprint density at radius 2 is 2.27 bits per heavy atom. The third-order valence-corrected chi connectivity index (χ3v) is 4.30. The monoisotopic (exact) mass is 360 g/mol. The SMILES string of the molecule is CCc1cn([C@H]2C[C@H](O)[C@@H](CNC(=O)c3ccccn3)O2)c(=O)[nH]c1=O. The summed E-state index contributed by atoms with van der Waals surface area (Å²) in [5.41, 5.74) is -0.301.